The summed E-state index contributed by atoms with van der Waals surface area (Å²) in [6.45, 7) is 4.50. The highest BCUT2D eigenvalue weighted by atomic mass is 19.1. The summed E-state index contributed by atoms with van der Waals surface area (Å²) in [5.74, 6) is 0.304. The predicted octanol–water partition coefficient (Wildman–Crippen LogP) is 3.39. The Morgan fingerprint density at radius 2 is 2.10 bits per heavy atom. The van der Waals surface area contributed by atoms with E-state index >= 15 is 0 Å². The molecule has 0 saturated heterocycles. The zero-order valence-electron chi connectivity index (χ0n) is 12.0. The molecular formula is C16H19FN2O. The highest BCUT2D eigenvalue weighted by Crippen LogP contribution is 2.27. The third-order valence-electron chi connectivity index (χ3n) is 3.25. The van der Waals surface area contributed by atoms with Gasteiger partial charge in [-0.15, -0.1) is 0 Å². The van der Waals surface area contributed by atoms with Gasteiger partial charge in [-0.1, -0.05) is 12.1 Å². The maximum atomic E-state index is 13.9. The Labute approximate surface area is 118 Å². The molecule has 0 aliphatic carbocycles. The van der Waals surface area contributed by atoms with Crippen molar-refractivity contribution in [1.82, 2.24) is 10.3 Å². The van der Waals surface area contributed by atoms with E-state index < -0.39 is 0 Å². The molecule has 0 aliphatic heterocycles. The molecule has 3 nitrogen and oxygen atoms in total. The van der Waals surface area contributed by atoms with Crippen LogP contribution in [0.2, 0.25) is 0 Å². The zero-order valence-corrected chi connectivity index (χ0v) is 12.0. The second kappa shape index (κ2) is 6.48. The molecule has 4 heteroatoms. The number of nitrogens with one attached hydrogen (secondary N) is 1. The number of methoxy groups -OCH3 is 1. The second-order valence-corrected chi connectivity index (χ2v) is 4.77. The molecule has 1 unspecified atom stereocenters. The Bertz CT molecular complexity index is 569. The van der Waals surface area contributed by atoms with Crippen LogP contribution in [0.25, 0.3) is 0 Å². The molecule has 0 radical (unpaired) electrons. The van der Waals surface area contributed by atoms with E-state index in [0.717, 1.165) is 11.3 Å². The molecular weight excluding hydrogens is 255 g/mol. The number of pyridine rings is 1. The van der Waals surface area contributed by atoms with Gasteiger partial charge in [0.25, 0.3) is 0 Å². The molecule has 106 valence electrons. The van der Waals surface area contributed by atoms with Crippen LogP contribution in [0, 0.1) is 12.7 Å². The molecule has 1 atom stereocenters. The van der Waals surface area contributed by atoms with Gasteiger partial charge in [-0.2, -0.15) is 0 Å². The van der Waals surface area contributed by atoms with Crippen LogP contribution in [-0.2, 0) is 6.54 Å². The van der Waals surface area contributed by atoms with Crippen molar-refractivity contribution in [3.05, 3.63) is 59.2 Å². The third-order valence-corrected chi connectivity index (χ3v) is 3.25. The Morgan fingerprint density at radius 1 is 1.30 bits per heavy atom. The number of halogens is 1. The number of hydrogen-bond acceptors (Lipinski definition) is 3. The first-order valence-corrected chi connectivity index (χ1v) is 6.59. The number of benzene rings is 1. The third kappa shape index (κ3) is 3.33. The first-order valence-electron chi connectivity index (χ1n) is 6.59. The van der Waals surface area contributed by atoms with Crippen molar-refractivity contribution in [1.29, 1.82) is 0 Å². The van der Waals surface area contributed by atoms with Crippen LogP contribution in [0.1, 0.15) is 29.8 Å². The Hall–Kier alpha value is -1.94. The van der Waals surface area contributed by atoms with E-state index in [1.165, 1.54) is 6.07 Å². The molecule has 0 spiro atoms. The summed E-state index contributed by atoms with van der Waals surface area (Å²) in [4.78, 5) is 4.24. The topological polar surface area (TPSA) is 34.1 Å². The average molecular weight is 274 g/mol. The highest BCUT2D eigenvalue weighted by Gasteiger charge is 2.15. The molecule has 0 aliphatic rings. The van der Waals surface area contributed by atoms with E-state index in [4.69, 9.17) is 4.74 Å². The molecule has 2 rings (SSSR count). The summed E-state index contributed by atoms with van der Waals surface area (Å²) in [6, 6.07) is 8.70. The van der Waals surface area contributed by atoms with Crippen LogP contribution in [0.15, 0.2) is 36.5 Å². The van der Waals surface area contributed by atoms with Gasteiger partial charge >= 0.3 is 0 Å². The summed E-state index contributed by atoms with van der Waals surface area (Å²) in [6.07, 6.45) is 1.83. The van der Waals surface area contributed by atoms with Gasteiger partial charge < -0.3 is 10.1 Å². The van der Waals surface area contributed by atoms with Gasteiger partial charge in [-0.05, 0) is 37.6 Å². The minimum atomic E-state index is -0.258. The van der Waals surface area contributed by atoms with Crippen molar-refractivity contribution in [2.75, 3.05) is 7.11 Å². The highest BCUT2D eigenvalue weighted by molar-refractivity contribution is 5.37. The van der Waals surface area contributed by atoms with Crippen LogP contribution in [0.5, 0.6) is 5.75 Å². The van der Waals surface area contributed by atoms with Gasteiger partial charge in [-0.3, -0.25) is 4.98 Å². The summed E-state index contributed by atoms with van der Waals surface area (Å²) < 4.78 is 19.2. The largest absolute Gasteiger partial charge is 0.496 e. The lowest BCUT2D eigenvalue weighted by molar-refractivity contribution is 0.393. The van der Waals surface area contributed by atoms with Crippen molar-refractivity contribution in [3.8, 4) is 5.75 Å². The smallest absolute Gasteiger partial charge is 0.131 e. The monoisotopic (exact) mass is 274 g/mol. The SMILES string of the molecule is COc1cccc(F)c1C(C)NCc1ccc(C)nc1. The molecule has 1 heterocycles. The minimum Gasteiger partial charge on any atom is -0.496 e. The summed E-state index contributed by atoms with van der Waals surface area (Å²) in [7, 11) is 1.55. The number of ether oxygens (including phenoxy) is 1. The van der Waals surface area contributed by atoms with Gasteiger partial charge in [0.2, 0.25) is 0 Å². The van der Waals surface area contributed by atoms with Gasteiger partial charge in [-0.25, -0.2) is 4.39 Å². The van der Waals surface area contributed by atoms with E-state index in [1.807, 2.05) is 32.2 Å². The minimum absolute atomic E-state index is 0.146. The number of nitrogens with zero attached hydrogens (tertiary/aromatic N) is 1. The van der Waals surface area contributed by atoms with Crippen molar-refractivity contribution in [2.45, 2.75) is 26.4 Å². The number of hydrogen-bond donors (Lipinski definition) is 1. The molecule has 0 saturated carbocycles. The molecule has 1 aromatic heterocycles. The quantitative estimate of drug-likeness (QED) is 0.907. The summed E-state index contributed by atoms with van der Waals surface area (Å²) >= 11 is 0. The fourth-order valence-electron chi connectivity index (χ4n) is 2.09. The first-order chi connectivity index (χ1) is 9.61. The maximum absolute atomic E-state index is 13.9. The van der Waals surface area contributed by atoms with Gasteiger partial charge in [0.1, 0.15) is 11.6 Å². The lowest BCUT2D eigenvalue weighted by atomic mass is 10.1. The lowest BCUT2D eigenvalue weighted by Crippen LogP contribution is -2.20. The van der Waals surface area contributed by atoms with Crippen LogP contribution >= 0.6 is 0 Å². The Kier molecular flexibility index (Phi) is 4.69. The fraction of sp³-hybridized carbons (Fsp3) is 0.312. The second-order valence-electron chi connectivity index (χ2n) is 4.77. The van der Waals surface area contributed by atoms with Crippen LogP contribution in [-0.4, -0.2) is 12.1 Å². The van der Waals surface area contributed by atoms with Crippen molar-refractivity contribution in [2.24, 2.45) is 0 Å². The summed E-state index contributed by atoms with van der Waals surface area (Å²) in [5.41, 5.74) is 2.60. The molecule has 2 aromatic rings. The standard InChI is InChI=1S/C16H19FN2O/c1-11-7-8-13(9-18-11)10-19-12(2)16-14(17)5-4-6-15(16)20-3/h4-9,12,19H,10H2,1-3H3. The van der Waals surface area contributed by atoms with Gasteiger partial charge in [0.15, 0.2) is 0 Å². The zero-order chi connectivity index (χ0) is 14.5. The fourth-order valence-corrected chi connectivity index (χ4v) is 2.09. The predicted molar refractivity (Wildman–Crippen MR) is 77.2 cm³/mol. The maximum Gasteiger partial charge on any atom is 0.131 e. The Balaban J connectivity index is 2.08. The molecule has 20 heavy (non-hydrogen) atoms. The van der Waals surface area contributed by atoms with Crippen molar-refractivity contribution < 1.29 is 9.13 Å². The van der Waals surface area contributed by atoms with E-state index in [2.05, 4.69) is 10.3 Å². The number of rotatable bonds is 5. The Morgan fingerprint density at radius 3 is 2.75 bits per heavy atom. The van der Waals surface area contributed by atoms with Crippen molar-refractivity contribution in [3.63, 3.8) is 0 Å². The van der Waals surface area contributed by atoms with E-state index in [9.17, 15) is 4.39 Å². The van der Waals surface area contributed by atoms with Crippen LogP contribution in [0.4, 0.5) is 4.39 Å². The summed E-state index contributed by atoms with van der Waals surface area (Å²) in [5, 5.41) is 3.29. The molecule has 1 aromatic carbocycles. The molecule has 1 N–H and O–H groups in total. The van der Waals surface area contributed by atoms with E-state index in [0.29, 0.717) is 17.9 Å². The van der Waals surface area contributed by atoms with E-state index in [-0.39, 0.29) is 11.9 Å². The van der Waals surface area contributed by atoms with Gasteiger partial charge in [0, 0.05) is 30.0 Å². The van der Waals surface area contributed by atoms with Gasteiger partial charge in [0.05, 0.1) is 7.11 Å². The first kappa shape index (κ1) is 14.5. The van der Waals surface area contributed by atoms with Crippen LogP contribution in [0.3, 0.4) is 0 Å². The van der Waals surface area contributed by atoms with E-state index in [1.54, 1.807) is 19.2 Å². The lowest BCUT2D eigenvalue weighted by Gasteiger charge is -2.18. The molecule has 0 amide bonds. The number of aryl methyl sites for hydroxylation is 1. The molecule has 0 bridgehead atoms. The van der Waals surface area contributed by atoms with Crippen molar-refractivity contribution >= 4 is 0 Å². The molecule has 0 fully saturated rings. The number of aromatic nitrogens is 1. The van der Waals surface area contributed by atoms with Crippen LogP contribution < -0.4 is 10.1 Å². The normalized spacial score (nSPS) is 12.2. The average Bonchev–Trinajstić information content (AvgIpc) is 2.46.